The molecule has 2 fully saturated rings. The molecule has 16 heavy (non-hydrogen) atoms. The molecule has 94 valence electrons. The van der Waals surface area contributed by atoms with Crippen LogP contribution in [0.25, 0.3) is 0 Å². The maximum atomic E-state index is 11.8. The smallest absolute Gasteiger partial charge is 0.222 e. The van der Waals surface area contributed by atoms with Crippen molar-refractivity contribution in [2.45, 2.75) is 37.8 Å². The Morgan fingerprint density at radius 2 is 2.25 bits per heavy atom. The van der Waals surface area contributed by atoms with E-state index in [2.05, 4.69) is 5.32 Å². The molecule has 1 unspecified atom stereocenters. The number of nitrogens with zero attached hydrogens (tertiary/aromatic N) is 1. The van der Waals surface area contributed by atoms with Gasteiger partial charge in [-0.05, 0) is 19.3 Å². The maximum Gasteiger partial charge on any atom is 0.222 e. The third-order valence-corrected chi connectivity index (χ3v) is 3.41. The van der Waals surface area contributed by atoms with Gasteiger partial charge in [-0.1, -0.05) is 0 Å². The molecule has 0 aromatic heterocycles. The third kappa shape index (κ3) is 3.34. The van der Waals surface area contributed by atoms with E-state index in [1.165, 1.54) is 0 Å². The van der Waals surface area contributed by atoms with Gasteiger partial charge in [-0.25, -0.2) is 0 Å². The molecular weight excluding hydrogens is 228 g/mol. The van der Waals surface area contributed by atoms with E-state index in [4.69, 9.17) is 4.74 Å². The van der Waals surface area contributed by atoms with Crippen LogP contribution in [-0.2, 0) is 9.53 Å². The van der Waals surface area contributed by atoms with Crippen LogP contribution < -0.4 is 5.32 Å². The summed E-state index contributed by atoms with van der Waals surface area (Å²) in [6.45, 7) is 2.77. The molecule has 5 heteroatoms. The topological polar surface area (TPSA) is 41.6 Å². The van der Waals surface area contributed by atoms with E-state index in [9.17, 15) is 4.79 Å². The first-order valence-electron chi connectivity index (χ1n) is 5.85. The summed E-state index contributed by atoms with van der Waals surface area (Å²) in [6.07, 6.45) is 4.14. The van der Waals surface area contributed by atoms with Crippen molar-refractivity contribution in [3.63, 3.8) is 0 Å². The minimum atomic E-state index is 0. The number of likely N-dealkylation sites (N-methyl/N-ethyl adjacent to an activating group) is 1. The van der Waals surface area contributed by atoms with Crippen molar-refractivity contribution in [1.29, 1.82) is 0 Å². The number of carbonyl (C=O) groups excluding carboxylic acids is 1. The van der Waals surface area contributed by atoms with Crippen LogP contribution in [0.1, 0.15) is 25.7 Å². The van der Waals surface area contributed by atoms with E-state index >= 15 is 0 Å². The van der Waals surface area contributed by atoms with Gasteiger partial charge in [-0.3, -0.25) is 4.79 Å². The average molecular weight is 249 g/mol. The van der Waals surface area contributed by atoms with Gasteiger partial charge >= 0.3 is 0 Å². The van der Waals surface area contributed by atoms with Crippen LogP contribution in [0.5, 0.6) is 0 Å². The predicted molar refractivity (Wildman–Crippen MR) is 64.9 cm³/mol. The Bertz CT molecular complexity index is 228. The minimum absolute atomic E-state index is 0. The van der Waals surface area contributed by atoms with Gasteiger partial charge in [-0.15, -0.1) is 12.4 Å². The highest BCUT2D eigenvalue weighted by molar-refractivity contribution is 5.85. The lowest BCUT2D eigenvalue weighted by Gasteiger charge is -2.35. The zero-order valence-corrected chi connectivity index (χ0v) is 10.6. The molecule has 2 aliphatic heterocycles. The molecule has 2 saturated heterocycles. The lowest BCUT2D eigenvalue weighted by Crippen LogP contribution is -2.57. The fourth-order valence-electron chi connectivity index (χ4n) is 2.08. The van der Waals surface area contributed by atoms with Crippen LogP contribution >= 0.6 is 12.4 Å². The van der Waals surface area contributed by atoms with Gasteiger partial charge in [-0.2, -0.15) is 0 Å². The van der Waals surface area contributed by atoms with Gasteiger partial charge in [0.2, 0.25) is 5.91 Å². The number of hydrogen-bond acceptors (Lipinski definition) is 3. The molecule has 0 aliphatic carbocycles. The van der Waals surface area contributed by atoms with E-state index in [1.54, 1.807) is 0 Å². The quantitative estimate of drug-likeness (QED) is 0.800. The van der Waals surface area contributed by atoms with Gasteiger partial charge < -0.3 is 15.0 Å². The van der Waals surface area contributed by atoms with Crippen LogP contribution in [0.15, 0.2) is 0 Å². The standard InChI is InChI=1S/C11H20N2O2.ClH/c1-13(9-7-12-8-9)11(14)5-4-10-3-2-6-15-10;/h9-10,12H,2-8H2,1H3;1H. The molecule has 2 rings (SSSR count). The summed E-state index contributed by atoms with van der Waals surface area (Å²) in [7, 11) is 1.91. The molecule has 0 aromatic carbocycles. The van der Waals surface area contributed by atoms with Gasteiger partial charge in [0.25, 0.3) is 0 Å². The maximum absolute atomic E-state index is 11.8. The van der Waals surface area contributed by atoms with E-state index in [-0.39, 0.29) is 18.3 Å². The Labute approximate surface area is 103 Å². The van der Waals surface area contributed by atoms with Crippen LogP contribution in [0, 0.1) is 0 Å². The Balaban J connectivity index is 0.00000128. The predicted octanol–water partition coefficient (Wildman–Crippen LogP) is 0.798. The second kappa shape index (κ2) is 6.42. The summed E-state index contributed by atoms with van der Waals surface area (Å²) in [5.74, 6) is 0.261. The fourth-order valence-corrected chi connectivity index (χ4v) is 2.08. The molecular formula is C11H21ClN2O2. The highest BCUT2D eigenvalue weighted by Crippen LogP contribution is 2.17. The third-order valence-electron chi connectivity index (χ3n) is 3.41. The van der Waals surface area contributed by atoms with Crippen molar-refractivity contribution < 1.29 is 9.53 Å². The molecule has 1 N–H and O–H groups in total. The van der Waals surface area contributed by atoms with E-state index in [1.807, 2.05) is 11.9 Å². The lowest BCUT2D eigenvalue weighted by atomic mass is 10.1. The molecule has 0 saturated carbocycles. The Morgan fingerprint density at radius 1 is 1.50 bits per heavy atom. The average Bonchev–Trinajstić information content (AvgIpc) is 2.63. The van der Waals surface area contributed by atoms with Gasteiger partial charge in [0.05, 0.1) is 12.1 Å². The molecule has 0 aromatic rings. The summed E-state index contributed by atoms with van der Waals surface area (Å²) in [4.78, 5) is 13.7. The first-order chi connectivity index (χ1) is 7.27. The minimum Gasteiger partial charge on any atom is -0.378 e. The lowest BCUT2D eigenvalue weighted by molar-refractivity contribution is -0.133. The molecule has 1 atom stereocenters. The summed E-state index contributed by atoms with van der Waals surface area (Å²) in [5, 5.41) is 3.18. The highest BCUT2D eigenvalue weighted by Gasteiger charge is 2.26. The Kier molecular flexibility index (Phi) is 5.52. The van der Waals surface area contributed by atoms with Crippen molar-refractivity contribution in [2.75, 3.05) is 26.7 Å². The second-order valence-electron chi connectivity index (χ2n) is 4.49. The van der Waals surface area contributed by atoms with Crippen molar-refractivity contribution in [2.24, 2.45) is 0 Å². The number of ether oxygens (including phenoxy) is 1. The molecule has 2 aliphatic rings. The normalized spacial score (nSPS) is 24.7. The molecule has 2 heterocycles. The SMILES string of the molecule is CN(C(=O)CCC1CCCO1)C1CNC1.Cl. The summed E-state index contributed by atoms with van der Waals surface area (Å²) in [6, 6.07) is 0.419. The molecule has 0 bridgehead atoms. The molecule has 1 amide bonds. The van der Waals surface area contributed by atoms with Crippen molar-refractivity contribution in [1.82, 2.24) is 10.2 Å². The summed E-state index contributed by atoms with van der Waals surface area (Å²) >= 11 is 0. The molecule has 0 spiro atoms. The van der Waals surface area contributed by atoms with Gasteiger partial charge in [0.15, 0.2) is 0 Å². The largest absolute Gasteiger partial charge is 0.378 e. The number of amides is 1. The van der Waals surface area contributed by atoms with E-state index < -0.39 is 0 Å². The summed E-state index contributed by atoms with van der Waals surface area (Å²) in [5.41, 5.74) is 0. The fraction of sp³-hybridized carbons (Fsp3) is 0.909. The monoisotopic (exact) mass is 248 g/mol. The molecule has 0 radical (unpaired) electrons. The van der Waals surface area contributed by atoms with Crippen molar-refractivity contribution in [3.8, 4) is 0 Å². The Morgan fingerprint density at radius 3 is 2.75 bits per heavy atom. The van der Waals surface area contributed by atoms with Gasteiger partial charge in [0, 0.05) is 33.2 Å². The first-order valence-corrected chi connectivity index (χ1v) is 5.85. The number of nitrogens with one attached hydrogen (secondary N) is 1. The first kappa shape index (κ1) is 13.7. The number of rotatable bonds is 4. The summed E-state index contributed by atoms with van der Waals surface area (Å²) < 4.78 is 5.50. The zero-order valence-electron chi connectivity index (χ0n) is 9.78. The second-order valence-corrected chi connectivity index (χ2v) is 4.49. The van der Waals surface area contributed by atoms with Crippen LogP contribution in [0.2, 0.25) is 0 Å². The van der Waals surface area contributed by atoms with Gasteiger partial charge in [0.1, 0.15) is 0 Å². The zero-order chi connectivity index (χ0) is 10.7. The van der Waals surface area contributed by atoms with E-state index in [0.29, 0.717) is 18.6 Å². The highest BCUT2D eigenvalue weighted by atomic mass is 35.5. The number of halogens is 1. The van der Waals surface area contributed by atoms with Crippen molar-refractivity contribution >= 4 is 18.3 Å². The van der Waals surface area contributed by atoms with Crippen LogP contribution in [-0.4, -0.2) is 49.7 Å². The Hall–Kier alpha value is -0.320. The van der Waals surface area contributed by atoms with Crippen molar-refractivity contribution in [3.05, 3.63) is 0 Å². The van der Waals surface area contributed by atoms with Crippen LogP contribution in [0.3, 0.4) is 0 Å². The number of hydrogen-bond donors (Lipinski definition) is 1. The van der Waals surface area contributed by atoms with E-state index in [0.717, 1.165) is 39.0 Å². The number of carbonyl (C=O) groups is 1. The van der Waals surface area contributed by atoms with Crippen LogP contribution in [0.4, 0.5) is 0 Å². The molecule has 4 nitrogen and oxygen atoms in total.